The number of carbonyl (C=O) groups excluding carboxylic acids is 1. The summed E-state index contributed by atoms with van der Waals surface area (Å²) < 4.78 is 5.39. The first-order valence-electron chi connectivity index (χ1n) is 9.66. The molecule has 0 spiro atoms. The average Bonchev–Trinajstić information content (AvgIpc) is 2.70. The topological polar surface area (TPSA) is 77.9 Å². The summed E-state index contributed by atoms with van der Waals surface area (Å²) >= 11 is 0. The van der Waals surface area contributed by atoms with E-state index in [1.54, 1.807) is 24.1 Å². The highest BCUT2D eigenvalue weighted by atomic mass is 16.5. The number of benzene rings is 1. The molecule has 1 aromatic carbocycles. The molecule has 7 nitrogen and oxygen atoms in total. The zero-order valence-electron chi connectivity index (χ0n) is 16.7. The fraction of sp³-hybridized carbons (Fsp3) is 0.429. The summed E-state index contributed by atoms with van der Waals surface area (Å²) in [6, 6.07) is 8.96. The van der Waals surface area contributed by atoms with E-state index < -0.39 is 0 Å². The van der Waals surface area contributed by atoms with E-state index in [0.29, 0.717) is 37.7 Å². The molecule has 1 aliphatic rings. The summed E-state index contributed by atoms with van der Waals surface area (Å²) in [5.41, 5.74) is 3.61. The van der Waals surface area contributed by atoms with Gasteiger partial charge in [0.2, 0.25) is 5.88 Å². The van der Waals surface area contributed by atoms with E-state index in [2.05, 4.69) is 22.1 Å². The number of urea groups is 1. The number of methoxy groups -OCH3 is 1. The van der Waals surface area contributed by atoms with Crippen LogP contribution in [-0.4, -0.2) is 54.3 Å². The van der Waals surface area contributed by atoms with Gasteiger partial charge in [0.15, 0.2) is 0 Å². The predicted molar refractivity (Wildman–Crippen MR) is 110 cm³/mol. The van der Waals surface area contributed by atoms with Gasteiger partial charge in [0.25, 0.3) is 0 Å². The largest absolute Gasteiger partial charge is 0.508 e. The van der Waals surface area contributed by atoms with E-state index in [1.165, 1.54) is 0 Å². The van der Waals surface area contributed by atoms with Gasteiger partial charge in [0.1, 0.15) is 11.4 Å². The van der Waals surface area contributed by atoms with Crippen LogP contribution in [0.2, 0.25) is 0 Å². The van der Waals surface area contributed by atoms with Gasteiger partial charge in [-0.25, -0.2) is 9.78 Å². The van der Waals surface area contributed by atoms with Crippen LogP contribution in [-0.2, 0) is 6.42 Å². The third kappa shape index (κ3) is 4.47. The van der Waals surface area contributed by atoms with Crippen molar-refractivity contribution in [2.75, 3.05) is 43.5 Å². The molecule has 1 saturated heterocycles. The Bertz CT molecular complexity index is 832. The van der Waals surface area contributed by atoms with Gasteiger partial charge in [-0.3, -0.25) is 0 Å². The fourth-order valence-electron chi connectivity index (χ4n) is 3.42. The number of ether oxygens (including phenoxy) is 1. The molecule has 2 aromatic rings. The van der Waals surface area contributed by atoms with Crippen LogP contribution in [0.25, 0.3) is 0 Å². The zero-order chi connectivity index (χ0) is 20.1. The van der Waals surface area contributed by atoms with Crippen molar-refractivity contribution in [2.24, 2.45) is 0 Å². The van der Waals surface area contributed by atoms with E-state index >= 15 is 0 Å². The van der Waals surface area contributed by atoms with Crippen molar-refractivity contribution >= 4 is 17.4 Å². The number of phenols is 1. The molecule has 150 valence electrons. The molecule has 2 N–H and O–H groups in total. The van der Waals surface area contributed by atoms with Gasteiger partial charge in [0, 0.05) is 43.6 Å². The lowest BCUT2D eigenvalue weighted by atomic mass is 10.1. The summed E-state index contributed by atoms with van der Waals surface area (Å²) in [5, 5.41) is 12.6. The Kier molecular flexibility index (Phi) is 6.23. The number of aromatic nitrogens is 1. The number of carbonyl (C=O) groups is 1. The second kappa shape index (κ2) is 8.82. The predicted octanol–water partition coefficient (Wildman–Crippen LogP) is 3.41. The van der Waals surface area contributed by atoms with Crippen LogP contribution in [0.4, 0.5) is 16.2 Å². The molecule has 0 bridgehead atoms. The summed E-state index contributed by atoms with van der Waals surface area (Å²) in [6.07, 6.45) is 1.89. The molecule has 3 rings (SSSR count). The highest BCUT2D eigenvalue weighted by molar-refractivity contribution is 5.91. The molecule has 0 saturated carbocycles. The van der Waals surface area contributed by atoms with Crippen molar-refractivity contribution in [1.82, 2.24) is 9.88 Å². The number of hydrogen-bond acceptors (Lipinski definition) is 5. The molecule has 0 radical (unpaired) electrons. The first-order valence-corrected chi connectivity index (χ1v) is 9.66. The Labute approximate surface area is 165 Å². The average molecular weight is 384 g/mol. The quantitative estimate of drug-likeness (QED) is 0.826. The monoisotopic (exact) mass is 384 g/mol. The first kappa shape index (κ1) is 19.8. The van der Waals surface area contributed by atoms with Crippen molar-refractivity contribution in [1.29, 1.82) is 0 Å². The highest BCUT2D eigenvalue weighted by Gasteiger charge is 2.23. The molecule has 1 aliphatic heterocycles. The van der Waals surface area contributed by atoms with Crippen molar-refractivity contribution in [3.05, 3.63) is 41.6 Å². The number of amides is 2. The minimum Gasteiger partial charge on any atom is -0.508 e. The molecule has 1 aromatic heterocycles. The van der Waals surface area contributed by atoms with Gasteiger partial charge in [-0.2, -0.15) is 0 Å². The number of hydrogen-bond donors (Lipinski definition) is 2. The molecule has 0 atom stereocenters. The van der Waals surface area contributed by atoms with Crippen molar-refractivity contribution < 1.29 is 14.6 Å². The fourth-order valence-corrected chi connectivity index (χ4v) is 3.42. The summed E-state index contributed by atoms with van der Waals surface area (Å²) in [5.74, 6) is 0.694. The van der Waals surface area contributed by atoms with Crippen LogP contribution in [0, 0.1) is 6.92 Å². The lowest BCUT2D eigenvalue weighted by Crippen LogP contribution is -2.50. The second-order valence-corrected chi connectivity index (χ2v) is 6.98. The van der Waals surface area contributed by atoms with E-state index in [4.69, 9.17) is 4.74 Å². The maximum atomic E-state index is 12.7. The van der Waals surface area contributed by atoms with Crippen LogP contribution >= 0.6 is 0 Å². The standard InChI is InChI=1S/C21H28N4O3/c1-4-6-18-15(2)13-19(20(22-18)28-3)23-21(27)25-11-9-24(10-12-25)16-7-5-8-17(26)14-16/h5,7-8,13-14,26H,4,6,9-12H2,1-3H3,(H,23,27). The maximum absolute atomic E-state index is 12.7. The maximum Gasteiger partial charge on any atom is 0.322 e. The third-order valence-electron chi connectivity index (χ3n) is 4.97. The Hall–Kier alpha value is -2.96. The Morgan fingerprint density at radius 1 is 1.25 bits per heavy atom. The molecule has 7 heteroatoms. The SMILES string of the molecule is CCCc1nc(OC)c(NC(=O)N2CCN(c3cccc(O)c3)CC2)cc1C. The number of rotatable bonds is 5. The van der Waals surface area contributed by atoms with Crippen LogP contribution in [0.1, 0.15) is 24.6 Å². The van der Waals surface area contributed by atoms with Gasteiger partial charge < -0.3 is 25.0 Å². The van der Waals surface area contributed by atoms with E-state index in [9.17, 15) is 9.90 Å². The molecular weight excluding hydrogens is 356 g/mol. The molecule has 2 amide bonds. The number of aromatic hydroxyl groups is 1. The van der Waals surface area contributed by atoms with Gasteiger partial charge in [-0.05, 0) is 37.1 Å². The first-order chi connectivity index (χ1) is 13.5. The van der Waals surface area contributed by atoms with Crippen LogP contribution in [0.3, 0.4) is 0 Å². The van der Waals surface area contributed by atoms with E-state index in [1.807, 2.05) is 25.1 Å². The van der Waals surface area contributed by atoms with Crippen LogP contribution in [0.15, 0.2) is 30.3 Å². The highest BCUT2D eigenvalue weighted by Crippen LogP contribution is 2.26. The van der Waals surface area contributed by atoms with Crippen LogP contribution in [0.5, 0.6) is 11.6 Å². The number of nitrogens with one attached hydrogen (secondary N) is 1. The lowest BCUT2D eigenvalue weighted by molar-refractivity contribution is 0.208. The molecule has 0 unspecified atom stereocenters. The second-order valence-electron chi connectivity index (χ2n) is 6.98. The number of pyridine rings is 1. The van der Waals surface area contributed by atoms with Crippen LogP contribution < -0.4 is 15.0 Å². The number of anilines is 2. The summed E-state index contributed by atoms with van der Waals surface area (Å²) in [6.45, 7) is 6.73. The third-order valence-corrected chi connectivity index (χ3v) is 4.97. The Morgan fingerprint density at radius 2 is 2.00 bits per heavy atom. The van der Waals surface area contributed by atoms with Crippen molar-refractivity contribution in [2.45, 2.75) is 26.7 Å². The number of nitrogens with zero attached hydrogens (tertiary/aromatic N) is 3. The van der Waals surface area contributed by atoms with Gasteiger partial charge in [-0.1, -0.05) is 19.4 Å². The summed E-state index contributed by atoms with van der Waals surface area (Å²) in [7, 11) is 1.57. The summed E-state index contributed by atoms with van der Waals surface area (Å²) in [4.78, 5) is 21.2. The number of aryl methyl sites for hydroxylation is 2. The molecule has 0 aliphatic carbocycles. The minimum absolute atomic E-state index is 0.154. The Balaban J connectivity index is 1.64. The number of piperazine rings is 1. The minimum atomic E-state index is -0.154. The molecule has 28 heavy (non-hydrogen) atoms. The lowest BCUT2D eigenvalue weighted by Gasteiger charge is -2.36. The molecule has 2 heterocycles. The van der Waals surface area contributed by atoms with Gasteiger partial charge in [0.05, 0.1) is 7.11 Å². The van der Waals surface area contributed by atoms with E-state index in [-0.39, 0.29) is 11.8 Å². The van der Waals surface area contributed by atoms with E-state index in [0.717, 1.165) is 29.8 Å². The van der Waals surface area contributed by atoms with Gasteiger partial charge in [-0.15, -0.1) is 0 Å². The normalized spacial score (nSPS) is 14.1. The number of phenolic OH excluding ortho intramolecular Hbond substituents is 1. The Morgan fingerprint density at radius 3 is 2.64 bits per heavy atom. The molecular formula is C21H28N4O3. The van der Waals surface area contributed by atoms with Crippen molar-refractivity contribution in [3.8, 4) is 11.6 Å². The van der Waals surface area contributed by atoms with Gasteiger partial charge >= 0.3 is 6.03 Å². The zero-order valence-corrected chi connectivity index (χ0v) is 16.7. The smallest absolute Gasteiger partial charge is 0.322 e. The van der Waals surface area contributed by atoms with Crippen molar-refractivity contribution in [3.63, 3.8) is 0 Å². The molecule has 1 fully saturated rings.